The molecule has 1 aromatic rings. The van der Waals surface area contributed by atoms with Gasteiger partial charge in [-0.05, 0) is 42.9 Å². The normalized spacial score (nSPS) is 17.4. The van der Waals surface area contributed by atoms with Crippen LogP contribution in [0.2, 0.25) is 0 Å². The number of hydrogen-bond donors (Lipinski definition) is 0. The molecule has 108 valence electrons. The van der Waals surface area contributed by atoms with Crippen LogP contribution in [0.5, 0.6) is 0 Å². The van der Waals surface area contributed by atoms with Crippen LogP contribution < -0.4 is 0 Å². The lowest BCUT2D eigenvalue weighted by atomic mass is 10.4. The summed E-state index contributed by atoms with van der Waals surface area (Å²) in [4.78, 5) is 2.31. The quantitative estimate of drug-likeness (QED) is 0.754. The van der Waals surface area contributed by atoms with Crippen LogP contribution in [-0.4, -0.2) is 50.8 Å². The molecule has 1 aliphatic heterocycles. The molecule has 0 atom stereocenters. The minimum Gasteiger partial charge on any atom is -0.302 e. The topological polar surface area (TPSA) is 40.6 Å². The molecule has 2 heterocycles. The van der Waals surface area contributed by atoms with E-state index >= 15 is 0 Å². The number of likely N-dealkylation sites (N-methyl/N-ethyl adjacent to an activating group) is 1. The third kappa shape index (κ3) is 3.70. The molecule has 0 aromatic carbocycles. The van der Waals surface area contributed by atoms with Gasteiger partial charge in [-0.2, -0.15) is 4.31 Å². The third-order valence-electron chi connectivity index (χ3n) is 3.38. The van der Waals surface area contributed by atoms with Crippen LogP contribution in [0.15, 0.2) is 15.7 Å². The lowest BCUT2D eigenvalue weighted by Crippen LogP contribution is -2.34. The molecule has 0 amide bonds. The van der Waals surface area contributed by atoms with E-state index in [1.165, 1.54) is 28.5 Å². The van der Waals surface area contributed by atoms with Crippen molar-refractivity contribution in [3.05, 3.63) is 17.0 Å². The summed E-state index contributed by atoms with van der Waals surface area (Å²) in [6.07, 6.45) is 2.45. The van der Waals surface area contributed by atoms with Crippen LogP contribution >= 0.6 is 22.9 Å². The first-order chi connectivity index (χ1) is 9.04. The van der Waals surface area contributed by atoms with Gasteiger partial charge in [0.05, 0.1) is 0 Å². The Morgan fingerprint density at radius 3 is 2.68 bits per heavy atom. The molecule has 0 saturated carbocycles. The molecule has 1 aromatic heterocycles. The number of likely N-dealkylation sites (tertiary alicyclic amines) is 1. The zero-order valence-electron chi connectivity index (χ0n) is 11.0. The Morgan fingerprint density at radius 1 is 1.42 bits per heavy atom. The molecular weight excluding hydrogens is 304 g/mol. The minimum absolute atomic E-state index is 0.351. The van der Waals surface area contributed by atoms with Crippen molar-refractivity contribution in [3.63, 3.8) is 0 Å². The lowest BCUT2D eigenvalue weighted by Gasteiger charge is -2.20. The molecule has 1 saturated heterocycles. The molecular formula is C12H19ClN2O2S2. The van der Waals surface area contributed by atoms with E-state index in [4.69, 9.17) is 11.6 Å². The van der Waals surface area contributed by atoms with Gasteiger partial charge in [0.25, 0.3) is 10.0 Å². The van der Waals surface area contributed by atoms with E-state index in [0.717, 1.165) is 25.2 Å². The number of rotatable bonds is 6. The summed E-state index contributed by atoms with van der Waals surface area (Å²) in [5, 5.41) is 1.80. The largest absolute Gasteiger partial charge is 0.302 e. The van der Waals surface area contributed by atoms with Gasteiger partial charge in [-0.3, -0.25) is 0 Å². The number of nitrogens with zero attached hydrogens (tertiary/aromatic N) is 2. The number of sulfonamides is 1. The first-order valence-corrected chi connectivity index (χ1v) is 9.21. The zero-order valence-corrected chi connectivity index (χ0v) is 13.4. The minimum atomic E-state index is -3.35. The van der Waals surface area contributed by atoms with Crippen LogP contribution in [0.25, 0.3) is 0 Å². The van der Waals surface area contributed by atoms with Crippen molar-refractivity contribution in [3.8, 4) is 0 Å². The van der Waals surface area contributed by atoms with Gasteiger partial charge in [-0.25, -0.2) is 8.42 Å². The fourth-order valence-corrected chi connectivity index (χ4v) is 4.95. The predicted molar refractivity (Wildman–Crippen MR) is 79.4 cm³/mol. The van der Waals surface area contributed by atoms with Crippen molar-refractivity contribution in [1.29, 1.82) is 0 Å². The average molecular weight is 323 g/mol. The van der Waals surface area contributed by atoms with Crippen molar-refractivity contribution in [2.24, 2.45) is 0 Å². The van der Waals surface area contributed by atoms with Gasteiger partial charge in [-0.15, -0.1) is 22.9 Å². The van der Waals surface area contributed by atoms with Crippen molar-refractivity contribution < 1.29 is 8.42 Å². The van der Waals surface area contributed by atoms with Crippen LogP contribution in [0, 0.1) is 0 Å². The van der Waals surface area contributed by atoms with Gasteiger partial charge < -0.3 is 4.90 Å². The molecule has 0 radical (unpaired) electrons. The van der Waals surface area contributed by atoms with Gasteiger partial charge in [0.2, 0.25) is 0 Å². The number of halogens is 1. The summed E-state index contributed by atoms with van der Waals surface area (Å²) >= 11 is 6.95. The second-order valence-corrected chi connectivity index (χ2v) is 8.23. The molecule has 0 bridgehead atoms. The van der Waals surface area contributed by atoms with Gasteiger partial charge in [0, 0.05) is 26.0 Å². The molecule has 7 heteroatoms. The van der Waals surface area contributed by atoms with Crippen molar-refractivity contribution in [1.82, 2.24) is 9.21 Å². The monoisotopic (exact) mass is 322 g/mol. The molecule has 0 aliphatic carbocycles. The molecule has 0 spiro atoms. The molecule has 0 N–H and O–H groups in total. The van der Waals surface area contributed by atoms with E-state index < -0.39 is 10.0 Å². The Balaban J connectivity index is 1.97. The summed E-state index contributed by atoms with van der Waals surface area (Å²) in [5.41, 5.74) is 0.859. The van der Waals surface area contributed by atoms with Gasteiger partial charge in [-0.1, -0.05) is 0 Å². The highest BCUT2D eigenvalue weighted by molar-refractivity contribution is 7.91. The van der Waals surface area contributed by atoms with E-state index in [1.54, 1.807) is 18.5 Å². The molecule has 4 nitrogen and oxygen atoms in total. The summed E-state index contributed by atoms with van der Waals surface area (Å²) in [6, 6.07) is 1.67. The number of thiophene rings is 1. The molecule has 1 aliphatic rings. The van der Waals surface area contributed by atoms with Gasteiger partial charge in [0.1, 0.15) is 4.21 Å². The fourth-order valence-electron chi connectivity index (χ4n) is 2.12. The first kappa shape index (κ1) is 15.3. The van der Waals surface area contributed by atoms with Crippen molar-refractivity contribution >= 4 is 33.0 Å². The smallest absolute Gasteiger partial charge is 0.252 e. The highest BCUT2D eigenvalue weighted by atomic mass is 35.5. The fraction of sp³-hybridized carbons (Fsp3) is 0.667. The van der Waals surface area contributed by atoms with Crippen LogP contribution in [-0.2, 0) is 15.9 Å². The average Bonchev–Trinajstić information content (AvgIpc) is 3.06. The standard InChI is InChI=1S/C12H19ClN2O2S2/c1-14(6-7-15-4-2-3-5-15)19(16,17)12-8-11(9-13)10-18-12/h8,10H,2-7,9H2,1H3. The van der Waals surface area contributed by atoms with Crippen LogP contribution in [0.4, 0.5) is 0 Å². The Morgan fingerprint density at radius 2 is 2.11 bits per heavy atom. The summed E-state index contributed by atoms with van der Waals surface area (Å²) < 4.78 is 26.5. The molecule has 1 fully saturated rings. The Hall–Kier alpha value is -0.140. The molecule has 19 heavy (non-hydrogen) atoms. The Kier molecular flexibility index (Phi) is 5.25. The van der Waals surface area contributed by atoms with E-state index in [2.05, 4.69) is 4.90 Å². The predicted octanol–water partition coefficient (Wildman–Crippen LogP) is 2.20. The third-order valence-corrected chi connectivity index (χ3v) is 7.01. The summed E-state index contributed by atoms with van der Waals surface area (Å²) in [5.74, 6) is 0.351. The SMILES string of the molecule is CN(CCN1CCCC1)S(=O)(=O)c1cc(CCl)cs1. The maximum absolute atomic E-state index is 12.3. The van der Waals surface area contributed by atoms with E-state index in [9.17, 15) is 8.42 Å². The Bertz CT molecular complexity index is 510. The van der Waals surface area contributed by atoms with E-state index in [0.29, 0.717) is 16.6 Å². The maximum atomic E-state index is 12.3. The maximum Gasteiger partial charge on any atom is 0.252 e. The Labute approximate surface area is 124 Å². The first-order valence-electron chi connectivity index (χ1n) is 6.36. The van der Waals surface area contributed by atoms with Crippen LogP contribution in [0.3, 0.4) is 0 Å². The van der Waals surface area contributed by atoms with E-state index in [1.807, 2.05) is 0 Å². The second kappa shape index (κ2) is 6.54. The lowest BCUT2D eigenvalue weighted by molar-refractivity contribution is 0.310. The van der Waals surface area contributed by atoms with Crippen molar-refractivity contribution in [2.45, 2.75) is 22.9 Å². The highest BCUT2D eigenvalue weighted by Gasteiger charge is 2.23. The van der Waals surface area contributed by atoms with Crippen LogP contribution in [0.1, 0.15) is 18.4 Å². The van der Waals surface area contributed by atoms with Crippen molar-refractivity contribution in [2.75, 3.05) is 33.2 Å². The van der Waals surface area contributed by atoms with Gasteiger partial charge in [0.15, 0.2) is 0 Å². The summed E-state index contributed by atoms with van der Waals surface area (Å²) in [7, 11) is -1.71. The number of alkyl halides is 1. The number of hydrogen-bond acceptors (Lipinski definition) is 4. The molecule has 0 unspecified atom stereocenters. The second-order valence-electron chi connectivity index (χ2n) is 4.78. The van der Waals surface area contributed by atoms with Gasteiger partial charge >= 0.3 is 0 Å². The van der Waals surface area contributed by atoms with E-state index in [-0.39, 0.29) is 0 Å². The highest BCUT2D eigenvalue weighted by Crippen LogP contribution is 2.24. The zero-order chi connectivity index (χ0) is 13.9. The summed E-state index contributed by atoms with van der Waals surface area (Å²) in [6.45, 7) is 3.52. The molecule has 2 rings (SSSR count).